The van der Waals surface area contributed by atoms with Crippen LogP contribution in [0.5, 0.6) is 0 Å². The second kappa shape index (κ2) is 7.93. The first-order chi connectivity index (χ1) is 13.2. The van der Waals surface area contributed by atoms with Crippen LogP contribution < -0.4 is 9.62 Å². The summed E-state index contributed by atoms with van der Waals surface area (Å²) < 4.78 is 32.9. The van der Waals surface area contributed by atoms with Crippen LogP contribution in [0.3, 0.4) is 0 Å². The topological polar surface area (TPSA) is 75.7 Å². The Morgan fingerprint density at radius 3 is 2.57 bits per heavy atom. The van der Waals surface area contributed by atoms with Crippen LogP contribution in [0.15, 0.2) is 47.4 Å². The Kier molecular flexibility index (Phi) is 5.76. The molecular weight excluding hydrogens is 376 g/mol. The number of nitrogens with zero attached hydrogens (tertiary/aromatic N) is 1. The number of methoxy groups -OCH3 is 1. The van der Waals surface area contributed by atoms with E-state index in [1.165, 1.54) is 4.31 Å². The number of fused-ring (bicyclic) bond motifs is 1. The Balaban J connectivity index is 1.90. The summed E-state index contributed by atoms with van der Waals surface area (Å²) in [4.78, 5) is 12.7. The smallest absolute Gasteiger partial charge is 0.264 e. The van der Waals surface area contributed by atoms with Gasteiger partial charge in [-0.2, -0.15) is 0 Å². The van der Waals surface area contributed by atoms with Gasteiger partial charge in [0.1, 0.15) is 0 Å². The molecule has 0 saturated heterocycles. The number of nitrogens with one attached hydrogen (secondary N) is 1. The number of amides is 1. The van der Waals surface area contributed by atoms with Crippen LogP contribution in [0.2, 0.25) is 0 Å². The van der Waals surface area contributed by atoms with E-state index >= 15 is 0 Å². The van der Waals surface area contributed by atoms with Gasteiger partial charge in [0.15, 0.2) is 0 Å². The SMILES string of the molecule is COC[C@@H](C)NC(=O)c1ccc2c(c1)C[C@H](C)N2S(=O)(=O)c1ccc(C)cc1. The lowest BCUT2D eigenvalue weighted by atomic mass is 10.1. The summed E-state index contributed by atoms with van der Waals surface area (Å²) >= 11 is 0. The summed E-state index contributed by atoms with van der Waals surface area (Å²) in [6, 6.07) is 11.7. The van der Waals surface area contributed by atoms with E-state index in [0.29, 0.717) is 24.3 Å². The highest BCUT2D eigenvalue weighted by molar-refractivity contribution is 7.92. The minimum absolute atomic E-state index is 0.108. The number of sulfonamides is 1. The van der Waals surface area contributed by atoms with E-state index in [1.54, 1.807) is 49.6 Å². The fourth-order valence-corrected chi connectivity index (χ4v) is 5.23. The molecule has 0 unspecified atom stereocenters. The van der Waals surface area contributed by atoms with Gasteiger partial charge in [0.05, 0.1) is 17.2 Å². The molecule has 3 rings (SSSR count). The van der Waals surface area contributed by atoms with Crippen LogP contribution in [-0.4, -0.2) is 40.1 Å². The van der Waals surface area contributed by atoms with E-state index in [9.17, 15) is 13.2 Å². The molecule has 0 fully saturated rings. The molecule has 0 aliphatic carbocycles. The van der Waals surface area contributed by atoms with Crippen LogP contribution >= 0.6 is 0 Å². The molecule has 0 radical (unpaired) electrons. The molecule has 0 aromatic heterocycles. The van der Waals surface area contributed by atoms with Crippen molar-refractivity contribution in [3.8, 4) is 0 Å². The predicted octanol–water partition coefficient (Wildman–Crippen LogP) is 2.90. The van der Waals surface area contributed by atoms with E-state index in [1.807, 2.05) is 20.8 Å². The Morgan fingerprint density at radius 1 is 1.25 bits per heavy atom. The summed E-state index contributed by atoms with van der Waals surface area (Å²) in [5, 5.41) is 2.88. The number of rotatable bonds is 6. The van der Waals surface area contributed by atoms with Gasteiger partial charge in [-0.25, -0.2) is 8.42 Å². The van der Waals surface area contributed by atoms with Gasteiger partial charge in [0.25, 0.3) is 15.9 Å². The van der Waals surface area contributed by atoms with E-state index in [4.69, 9.17) is 4.74 Å². The maximum Gasteiger partial charge on any atom is 0.264 e. The number of anilines is 1. The third-order valence-corrected chi connectivity index (χ3v) is 6.81. The van der Waals surface area contributed by atoms with Crippen molar-refractivity contribution in [1.82, 2.24) is 5.32 Å². The van der Waals surface area contributed by atoms with Gasteiger partial charge in [-0.05, 0) is 63.1 Å². The number of hydrogen-bond acceptors (Lipinski definition) is 4. The Bertz CT molecular complexity index is 970. The summed E-state index contributed by atoms with van der Waals surface area (Å²) in [6.07, 6.45) is 0.565. The standard InChI is InChI=1S/C21H26N2O4S/c1-14-5-8-19(9-6-14)28(25,26)23-16(3)11-18-12-17(7-10-20(18)23)21(24)22-15(2)13-27-4/h5-10,12,15-16H,11,13H2,1-4H3,(H,22,24)/t15-,16+/m1/s1. The van der Waals surface area contributed by atoms with E-state index in [-0.39, 0.29) is 22.9 Å². The van der Waals surface area contributed by atoms with Crippen molar-refractivity contribution in [2.75, 3.05) is 18.0 Å². The zero-order valence-corrected chi connectivity index (χ0v) is 17.4. The molecule has 0 spiro atoms. The van der Waals surface area contributed by atoms with Crippen LogP contribution in [0.4, 0.5) is 5.69 Å². The number of carbonyl (C=O) groups excluding carboxylic acids is 1. The molecule has 1 aliphatic rings. The maximum atomic E-state index is 13.2. The summed E-state index contributed by atoms with van der Waals surface area (Å²) in [6.45, 7) is 6.10. The average Bonchev–Trinajstić information content (AvgIpc) is 2.97. The highest BCUT2D eigenvalue weighted by atomic mass is 32.2. The van der Waals surface area contributed by atoms with Gasteiger partial charge in [0.2, 0.25) is 0 Å². The van der Waals surface area contributed by atoms with E-state index in [2.05, 4.69) is 5.32 Å². The zero-order valence-electron chi connectivity index (χ0n) is 16.6. The maximum absolute atomic E-state index is 13.2. The molecule has 0 saturated carbocycles. The van der Waals surface area contributed by atoms with Crippen molar-refractivity contribution in [2.24, 2.45) is 0 Å². The number of aryl methyl sites for hydroxylation is 1. The molecule has 2 aromatic carbocycles. The summed E-state index contributed by atoms with van der Waals surface area (Å²) in [7, 11) is -2.08. The van der Waals surface area contributed by atoms with Crippen LogP contribution in [0.1, 0.15) is 35.3 Å². The molecule has 1 heterocycles. The van der Waals surface area contributed by atoms with Crippen molar-refractivity contribution in [1.29, 1.82) is 0 Å². The number of benzene rings is 2. The molecule has 28 heavy (non-hydrogen) atoms. The first kappa shape index (κ1) is 20.4. The van der Waals surface area contributed by atoms with Gasteiger partial charge in [-0.15, -0.1) is 0 Å². The van der Waals surface area contributed by atoms with Crippen molar-refractivity contribution in [3.63, 3.8) is 0 Å². The quantitative estimate of drug-likeness (QED) is 0.806. The summed E-state index contributed by atoms with van der Waals surface area (Å²) in [5.41, 5.74) is 3.01. The largest absolute Gasteiger partial charge is 0.383 e. The second-order valence-electron chi connectivity index (χ2n) is 7.34. The number of hydrogen-bond donors (Lipinski definition) is 1. The van der Waals surface area contributed by atoms with Crippen molar-refractivity contribution in [2.45, 2.75) is 44.2 Å². The third kappa shape index (κ3) is 3.91. The van der Waals surface area contributed by atoms with E-state index in [0.717, 1.165) is 11.1 Å². The third-order valence-electron chi connectivity index (χ3n) is 4.87. The van der Waals surface area contributed by atoms with Crippen molar-refractivity contribution in [3.05, 3.63) is 59.2 Å². The zero-order chi connectivity index (χ0) is 20.5. The molecule has 1 aliphatic heterocycles. The Labute approximate surface area is 166 Å². The normalized spacial score (nSPS) is 17.3. The fourth-order valence-electron chi connectivity index (χ4n) is 3.53. The number of ether oxygens (including phenoxy) is 1. The van der Waals surface area contributed by atoms with Gasteiger partial charge < -0.3 is 10.1 Å². The molecule has 6 nitrogen and oxygen atoms in total. The molecule has 2 aromatic rings. The summed E-state index contributed by atoms with van der Waals surface area (Å²) in [5.74, 6) is -0.195. The second-order valence-corrected chi connectivity index (χ2v) is 9.16. The predicted molar refractivity (Wildman–Crippen MR) is 109 cm³/mol. The monoisotopic (exact) mass is 402 g/mol. The Morgan fingerprint density at radius 2 is 1.93 bits per heavy atom. The van der Waals surface area contributed by atoms with E-state index < -0.39 is 10.0 Å². The minimum Gasteiger partial charge on any atom is -0.383 e. The molecule has 0 bridgehead atoms. The molecule has 1 N–H and O–H groups in total. The Hall–Kier alpha value is -2.38. The first-order valence-corrected chi connectivity index (χ1v) is 10.7. The number of carbonyl (C=O) groups is 1. The molecule has 1 amide bonds. The molecule has 7 heteroatoms. The highest BCUT2D eigenvalue weighted by Crippen LogP contribution is 2.37. The van der Waals surface area contributed by atoms with Crippen molar-refractivity contribution < 1.29 is 17.9 Å². The van der Waals surface area contributed by atoms with Gasteiger partial charge in [0, 0.05) is 24.8 Å². The lowest BCUT2D eigenvalue weighted by molar-refractivity contribution is 0.0905. The average molecular weight is 403 g/mol. The highest BCUT2D eigenvalue weighted by Gasteiger charge is 2.36. The van der Waals surface area contributed by atoms with Crippen molar-refractivity contribution >= 4 is 21.6 Å². The lowest BCUT2D eigenvalue weighted by Gasteiger charge is -2.24. The van der Waals surface area contributed by atoms with Crippen LogP contribution in [-0.2, 0) is 21.2 Å². The van der Waals surface area contributed by atoms with Crippen LogP contribution in [0, 0.1) is 6.92 Å². The minimum atomic E-state index is -3.66. The van der Waals surface area contributed by atoms with Gasteiger partial charge in [-0.1, -0.05) is 17.7 Å². The lowest BCUT2D eigenvalue weighted by Crippen LogP contribution is -2.36. The van der Waals surface area contributed by atoms with Gasteiger partial charge in [-0.3, -0.25) is 9.10 Å². The fraction of sp³-hybridized carbons (Fsp3) is 0.381. The molecular formula is C21H26N2O4S. The molecule has 2 atom stereocenters. The first-order valence-electron chi connectivity index (χ1n) is 9.28. The van der Waals surface area contributed by atoms with Crippen LogP contribution in [0.25, 0.3) is 0 Å². The molecule has 150 valence electrons. The van der Waals surface area contributed by atoms with Gasteiger partial charge >= 0.3 is 0 Å².